The molecule has 2 aromatic rings. The average molecular weight is 503 g/mol. The van der Waals surface area contributed by atoms with Gasteiger partial charge < -0.3 is 5.32 Å². The second kappa shape index (κ2) is 8.42. The highest BCUT2D eigenvalue weighted by Gasteiger charge is 2.16. The van der Waals surface area contributed by atoms with Gasteiger partial charge in [0.25, 0.3) is 5.91 Å². The van der Waals surface area contributed by atoms with Gasteiger partial charge in [0.1, 0.15) is 0 Å². The number of amides is 1. The van der Waals surface area contributed by atoms with Crippen molar-refractivity contribution in [2.75, 3.05) is 19.4 Å². The maximum atomic E-state index is 12.2. The number of sulfonamides is 1. The van der Waals surface area contributed by atoms with Crippen LogP contribution in [0.3, 0.4) is 0 Å². The first kappa shape index (κ1) is 20.7. The Morgan fingerprint density at radius 3 is 2.27 bits per heavy atom. The van der Waals surface area contributed by atoms with Crippen LogP contribution in [0, 0.1) is 10.5 Å². The SMILES string of the molecule is Cc1ccc(C(=O)NC(=S)Nc2ccc(S(=O)(=O)N(C)C)cc2)cc1I. The molecule has 2 N–H and O–H groups in total. The van der Waals surface area contributed by atoms with E-state index in [2.05, 4.69) is 33.2 Å². The molecule has 0 spiro atoms. The van der Waals surface area contributed by atoms with Crippen molar-refractivity contribution in [2.24, 2.45) is 0 Å². The zero-order valence-corrected chi connectivity index (χ0v) is 18.2. The smallest absolute Gasteiger partial charge is 0.257 e. The number of nitrogens with one attached hydrogen (secondary N) is 2. The number of rotatable bonds is 4. The number of hydrogen-bond donors (Lipinski definition) is 2. The molecule has 0 atom stereocenters. The lowest BCUT2D eigenvalue weighted by Crippen LogP contribution is -2.34. The lowest BCUT2D eigenvalue weighted by molar-refractivity contribution is 0.0977. The molecule has 0 saturated carbocycles. The molecule has 2 aromatic carbocycles. The number of carbonyl (C=O) groups is 1. The van der Waals surface area contributed by atoms with Crippen LogP contribution in [0.5, 0.6) is 0 Å². The van der Waals surface area contributed by atoms with Gasteiger partial charge in [0.2, 0.25) is 10.0 Å². The Morgan fingerprint density at radius 2 is 1.73 bits per heavy atom. The zero-order chi connectivity index (χ0) is 19.5. The first-order valence-electron chi connectivity index (χ1n) is 7.52. The largest absolute Gasteiger partial charge is 0.332 e. The van der Waals surface area contributed by atoms with Gasteiger partial charge in [-0.05, 0) is 83.7 Å². The van der Waals surface area contributed by atoms with Crippen molar-refractivity contribution >= 4 is 61.5 Å². The molecule has 0 aromatic heterocycles. The molecule has 9 heteroatoms. The molecule has 0 aliphatic carbocycles. The highest BCUT2D eigenvalue weighted by atomic mass is 127. The van der Waals surface area contributed by atoms with Crippen LogP contribution in [0.15, 0.2) is 47.4 Å². The van der Waals surface area contributed by atoms with E-state index in [1.54, 1.807) is 24.3 Å². The van der Waals surface area contributed by atoms with Crippen molar-refractivity contribution in [3.63, 3.8) is 0 Å². The van der Waals surface area contributed by atoms with Gasteiger partial charge in [-0.25, -0.2) is 12.7 Å². The third-order valence-electron chi connectivity index (χ3n) is 3.55. The molecule has 138 valence electrons. The monoisotopic (exact) mass is 503 g/mol. The fourth-order valence-electron chi connectivity index (χ4n) is 1.99. The van der Waals surface area contributed by atoms with E-state index in [9.17, 15) is 13.2 Å². The van der Waals surface area contributed by atoms with Crippen LogP contribution in [0.25, 0.3) is 0 Å². The predicted molar refractivity (Wildman–Crippen MR) is 115 cm³/mol. The van der Waals surface area contributed by atoms with Crippen molar-refractivity contribution in [2.45, 2.75) is 11.8 Å². The first-order chi connectivity index (χ1) is 12.1. The molecular weight excluding hydrogens is 485 g/mol. The molecule has 0 aliphatic heterocycles. The molecule has 6 nitrogen and oxygen atoms in total. The van der Waals surface area contributed by atoms with Gasteiger partial charge in [-0.2, -0.15) is 0 Å². The standard InChI is InChI=1S/C17H18IN3O3S2/c1-11-4-5-12(10-15(11)18)16(22)20-17(25)19-13-6-8-14(9-7-13)26(23,24)21(2)3/h4-10H,1-3H3,(H2,19,20,22,25). The maximum Gasteiger partial charge on any atom is 0.257 e. The van der Waals surface area contributed by atoms with Gasteiger partial charge >= 0.3 is 0 Å². The van der Waals surface area contributed by atoms with Crippen molar-refractivity contribution in [1.82, 2.24) is 9.62 Å². The Kier molecular flexibility index (Phi) is 6.72. The van der Waals surface area contributed by atoms with Gasteiger partial charge in [0, 0.05) is 28.9 Å². The molecule has 0 heterocycles. The van der Waals surface area contributed by atoms with Crippen LogP contribution in [0.4, 0.5) is 5.69 Å². The number of nitrogens with zero attached hydrogens (tertiary/aromatic N) is 1. The number of benzene rings is 2. The number of anilines is 1. The summed E-state index contributed by atoms with van der Waals surface area (Å²) >= 11 is 7.32. The number of carbonyl (C=O) groups excluding carboxylic acids is 1. The number of hydrogen-bond acceptors (Lipinski definition) is 4. The Morgan fingerprint density at radius 1 is 1.12 bits per heavy atom. The summed E-state index contributed by atoms with van der Waals surface area (Å²) in [7, 11) is -0.541. The Balaban J connectivity index is 2.03. The lowest BCUT2D eigenvalue weighted by atomic mass is 10.1. The molecule has 0 unspecified atom stereocenters. The predicted octanol–water partition coefficient (Wildman–Crippen LogP) is 2.98. The van der Waals surface area contributed by atoms with Gasteiger partial charge in [-0.3, -0.25) is 10.1 Å². The highest BCUT2D eigenvalue weighted by Crippen LogP contribution is 2.17. The first-order valence-corrected chi connectivity index (χ1v) is 10.4. The van der Waals surface area contributed by atoms with Crippen LogP contribution in [-0.4, -0.2) is 37.8 Å². The van der Waals surface area contributed by atoms with E-state index in [4.69, 9.17) is 12.2 Å². The fourth-order valence-corrected chi connectivity index (χ4v) is 3.62. The summed E-state index contributed by atoms with van der Waals surface area (Å²) in [6, 6.07) is 11.5. The third kappa shape index (κ3) is 5.00. The second-order valence-electron chi connectivity index (χ2n) is 5.68. The van der Waals surface area contributed by atoms with Crippen molar-refractivity contribution in [3.8, 4) is 0 Å². The van der Waals surface area contributed by atoms with E-state index in [0.717, 1.165) is 13.4 Å². The van der Waals surface area contributed by atoms with Crippen molar-refractivity contribution in [1.29, 1.82) is 0 Å². The summed E-state index contributed by atoms with van der Waals surface area (Å²) in [4.78, 5) is 12.4. The van der Waals surface area contributed by atoms with E-state index in [0.29, 0.717) is 11.3 Å². The average Bonchev–Trinajstić information content (AvgIpc) is 2.57. The summed E-state index contributed by atoms with van der Waals surface area (Å²) in [5, 5.41) is 5.60. The minimum atomic E-state index is -3.48. The van der Waals surface area contributed by atoms with Crippen molar-refractivity contribution < 1.29 is 13.2 Å². The van der Waals surface area contributed by atoms with Gasteiger partial charge in [0.05, 0.1) is 4.90 Å². The van der Waals surface area contributed by atoms with Crippen LogP contribution in [0.2, 0.25) is 0 Å². The van der Waals surface area contributed by atoms with Crippen LogP contribution in [-0.2, 0) is 10.0 Å². The van der Waals surface area contributed by atoms with E-state index < -0.39 is 10.0 Å². The normalized spacial score (nSPS) is 11.3. The molecule has 26 heavy (non-hydrogen) atoms. The fraction of sp³-hybridized carbons (Fsp3) is 0.176. The molecule has 0 saturated heterocycles. The third-order valence-corrected chi connectivity index (χ3v) is 6.75. The highest BCUT2D eigenvalue weighted by molar-refractivity contribution is 14.1. The van der Waals surface area contributed by atoms with Crippen LogP contribution >= 0.6 is 34.8 Å². The van der Waals surface area contributed by atoms with Crippen molar-refractivity contribution in [3.05, 3.63) is 57.2 Å². The molecule has 0 aliphatic rings. The van der Waals surface area contributed by atoms with E-state index in [-0.39, 0.29) is 15.9 Å². The zero-order valence-electron chi connectivity index (χ0n) is 14.4. The molecule has 1 amide bonds. The lowest BCUT2D eigenvalue weighted by Gasteiger charge is -2.13. The summed E-state index contributed by atoms with van der Waals surface area (Å²) in [5.74, 6) is -0.313. The molecular formula is C17H18IN3O3S2. The Labute approximate surface area is 172 Å². The van der Waals surface area contributed by atoms with Gasteiger partial charge in [-0.1, -0.05) is 6.07 Å². The van der Waals surface area contributed by atoms with E-state index in [1.807, 2.05) is 13.0 Å². The minimum Gasteiger partial charge on any atom is -0.332 e. The molecule has 0 fully saturated rings. The van der Waals surface area contributed by atoms with Gasteiger partial charge in [-0.15, -0.1) is 0 Å². The number of aryl methyl sites for hydroxylation is 1. The quantitative estimate of drug-likeness (QED) is 0.496. The maximum absolute atomic E-state index is 12.2. The Bertz CT molecular complexity index is 942. The molecule has 0 bridgehead atoms. The topological polar surface area (TPSA) is 78.5 Å². The summed E-state index contributed by atoms with van der Waals surface area (Å²) in [5.41, 5.74) is 2.18. The molecule has 0 radical (unpaired) electrons. The van der Waals surface area contributed by atoms with Crippen LogP contribution < -0.4 is 10.6 Å². The summed E-state index contributed by atoms with van der Waals surface area (Å²) in [6.45, 7) is 1.97. The number of thiocarbonyl (C=S) groups is 1. The van der Waals surface area contributed by atoms with E-state index >= 15 is 0 Å². The Hall–Kier alpha value is -1.56. The molecule has 2 rings (SSSR count). The summed E-state index contributed by atoms with van der Waals surface area (Å²) < 4.78 is 26.2. The summed E-state index contributed by atoms with van der Waals surface area (Å²) in [6.07, 6.45) is 0. The van der Waals surface area contributed by atoms with Crippen LogP contribution in [0.1, 0.15) is 15.9 Å². The van der Waals surface area contributed by atoms with Gasteiger partial charge in [0.15, 0.2) is 5.11 Å². The number of halogens is 1. The minimum absolute atomic E-state index is 0.133. The second-order valence-corrected chi connectivity index (χ2v) is 9.41. The van der Waals surface area contributed by atoms with E-state index in [1.165, 1.54) is 26.2 Å².